The van der Waals surface area contributed by atoms with E-state index in [9.17, 15) is 0 Å². The van der Waals surface area contributed by atoms with Crippen molar-refractivity contribution in [3.05, 3.63) is 12.2 Å². The Hall–Kier alpha value is 3.35. The third-order valence-electron chi connectivity index (χ3n) is 0. The summed E-state index contributed by atoms with van der Waals surface area (Å²) in [5, 5.41) is 0. The van der Waals surface area contributed by atoms with E-state index in [0.29, 0.717) is 0 Å². The summed E-state index contributed by atoms with van der Waals surface area (Å²) in [4.78, 5) is 0. The Morgan fingerprint density at radius 1 is 1.17 bits per heavy atom. The first-order valence-corrected chi connectivity index (χ1v) is 1.29. The molecule has 0 atom stereocenters. The molecule has 0 radical (unpaired) electrons. The Balaban J connectivity index is -0.0000000450. The van der Waals surface area contributed by atoms with E-state index < -0.39 is 0 Å². The Labute approximate surface area is 138 Å². The van der Waals surface area contributed by atoms with Gasteiger partial charge in [-0.3, -0.25) is 5.57 Å². The first-order valence-electron chi connectivity index (χ1n) is 1.29. The van der Waals surface area contributed by atoms with E-state index >= 15 is 0 Å². The third-order valence-corrected chi connectivity index (χ3v) is 0. The first kappa shape index (κ1) is 16.2. The maximum atomic E-state index is 5.03. The van der Waals surface area contributed by atoms with Crippen LogP contribution in [-0.2, 0) is 0 Å². The standard InChI is InChI=1S/C4H7.2Rb/c1-4(2)3;;/h1H,2-3H3;;/q-1;2*+1. The van der Waals surface area contributed by atoms with Gasteiger partial charge in [-0.1, -0.05) is 13.8 Å². The minimum Gasteiger partial charge on any atom is -0.515 e. The molecule has 0 aromatic carbocycles. The summed E-state index contributed by atoms with van der Waals surface area (Å²) >= 11 is 0. The van der Waals surface area contributed by atoms with Crippen LogP contribution in [0.1, 0.15) is 13.8 Å². The number of rotatable bonds is 0. The third kappa shape index (κ3) is 26.4. The van der Waals surface area contributed by atoms with Crippen molar-refractivity contribution in [1.29, 1.82) is 0 Å². The van der Waals surface area contributed by atoms with Gasteiger partial charge in [0.2, 0.25) is 0 Å². The first-order chi connectivity index (χ1) is 1.73. The van der Waals surface area contributed by atoms with Gasteiger partial charge < -0.3 is 6.58 Å². The van der Waals surface area contributed by atoms with Gasteiger partial charge in [-0.25, -0.2) is 0 Å². The predicted molar refractivity (Wildman–Crippen MR) is 19.2 cm³/mol. The van der Waals surface area contributed by atoms with Crippen molar-refractivity contribution in [2.45, 2.75) is 13.8 Å². The molecule has 0 heterocycles. The minimum absolute atomic E-state index is 0. The zero-order valence-corrected chi connectivity index (χ0v) is 14.9. The summed E-state index contributed by atoms with van der Waals surface area (Å²) in [5.74, 6) is 0. The van der Waals surface area contributed by atoms with Crippen molar-refractivity contribution < 1.29 is 116 Å². The molecule has 0 aliphatic heterocycles. The second-order valence-corrected chi connectivity index (χ2v) is 1.08. The topological polar surface area (TPSA) is 0 Å². The van der Waals surface area contributed by atoms with Gasteiger partial charge in [0.15, 0.2) is 0 Å². The average Bonchev–Trinajstić information content (AvgIpc) is 0.811. The Morgan fingerprint density at radius 3 is 1.17 bits per heavy atom. The molecule has 0 saturated carbocycles. The number of hydrogen-bond acceptors (Lipinski definition) is 0. The maximum absolute atomic E-state index is 5.03. The Morgan fingerprint density at radius 2 is 1.17 bits per heavy atom. The van der Waals surface area contributed by atoms with Crippen LogP contribution in [0, 0.1) is 6.58 Å². The van der Waals surface area contributed by atoms with Crippen molar-refractivity contribution in [2.75, 3.05) is 0 Å². The molecular formula is C4H7Rb2+. The normalized spacial score (nSPS) is 4.33. The van der Waals surface area contributed by atoms with Crippen LogP contribution >= 0.6 is 0 Å². The molecule has 0 nitrogen and oxygen atoms in total. The van der Waals surface area contributed by atoms with Crippen LogP contribution < -0.4 is 116 Å². The zero-order valence-electron chi connectivity index (χ0n) is 5.08. The Bertz CT molecular complexity index is 28.5. The van der Waals surface area contributed by atoms with Crippen molar-refractivity contribution in [3.8, 4) is 0 Å². The molecule has 24 valence electrons. The molecule has 0 unspecified atom stereocenters. The van der Waals surface area contributed by atoms with Crippen molar-refractivity contribution in [2.24, 2.45) is 0 Å². The predicted octanol–water partition coefficient (Wildman–Crippen LogP) is -4.61. The van der Waals surface area contributed by atoms with Gasteiger partial charge >= 0.3 is 116 Å². The molecule has 0 aliphatic carbocycles. The average molecular weight is 226 g/mol. The summed E-state index contributed by atoms with van der Waals surface area (Å²) in [5.41, 5.74) is 0.917. The molecule has 0 saturated heterocycles. The monoisotopic (exact) mass is 225 g/mol. The van der Waals surface area contributed by atoms with Crippen molar-refractivity contribution >= 4 is 0 Å². The largest absolute Gasteiger partial charge is 1.00 e. The van der Waals surface area contributed by atoms with Crippen LogP contribution in [0.2, 0.25) is 0 Å². The molecule has 0 fully saturated rings. The van der Waals surface area contributed by atoms with E-state index in [1.807, 2.05) is 13.8 Å². The van der Waals surface area contributed by atoms with E-state index in [1.165, 1.54) is 0 Å². The van der Waals surface area contributed by atoms with Crippen LogP contribution in [0.4, 0.5) is 0 Å². The Kier molecular flexibility index (Phi) is 30.1. The van der Waals surface area contributed by atoms with Gasteiger partial charge in [-0.2, -0.15) is 0 Å². The van der Waals surface area contributed by atoms with E-state index in [4.69, 9.17) is 6.58 Å². The van der Waals surface area contributed by atoms with E-state index in [1.54, 1.807) is 0 Å². The zero-order chi connectivity index (χ0) is 3.58. The second kappa shape index (κ2) is 11.2. The minimum atomic E-state index is 0. The molecular weight excluding hydrogens is 219 g/mol. The van der Waals surface area contributed by atoms with E-state index in [2.05, 4.69) is 0 Å². The quantitative estimate of drug-likeness (QED) is 0.365. The molecule has 0 amide bonds. The van der Waals surface area contributed by atoms with Crippen LogP contribution in [0.15, 0.2) is 5.57 Å². The maximum Gasteiger partial charge on any atom is 1.00 e. The van der Waals surface area contributed by atoms with Gasteiger partial charge in [0.1, 0.15) is 0 Å². The number of hydrogen-bond donors (Lipinski definition) is 0. The smallest absolute Gasteiger partial charge is 0.515 e. The molecule has 0 bridgehead atoms. The molecule has 6 heavy (non-hydrogen) atoms. The van der Waals surface area contributed by atoms with Crippen LogP contribution in [-0.4, -0.2) is 0 Å². The molecule has 0 spiro atoms. The summed E-state index contributed by atoms with van der Waals surface area (Å²) in [6.45, 7) is 8.75. The van der Waals surface area contributed by atoms with Gasteiger partial charge in [0.25, 0.3) is 0 Å². The van der Waals surface area contributed by atoms with Crippen LogP contribution in [0.25, 0.3) is 0 Å². The fourth-order valence-corrected chi connectivity index (χ4v) is 0. The summed E-state index contributed by atoms with van der Waals surface area (Å²) in [6, 6.07) is 0. The molecule has 0 aromatic rings. The fourth-order valence-electron chi connectivity index (χ4n) is 0. The molecule has 0 N–H and O–H groups in total. The molecule has 0 rings (SSSR count). The molecule has 0 aliphatic rings. The second-order valence-electron chi connectivity index (χ2n) is 1.08. The van der Waals surface area contributed by atoms with Crippen molar-refractivity contribution in [1.82, 2.24) is 0 Å². The van der Waals surface area contributed by atoms with Gasteiger partial charge in [-0.15, -0.1) is 0 Å². The van der Waals surface area contributed by atoms with E-state index in [0.717, 1.165) is 5.57 Å². The van der Waals surface area contributed by atoms with Gasteiger partial charge in [0, 0.05) is 0 Å². The summed E-state index contributed by atoms with van der Waals surface area (Å²) in [7, 11) is 0. The van der Waals surface area contributed by atoms with Gasteiger partial charge in [0.05, 0.1) is 0 Å². The van der Waals surface area contributed by atoms with E-state index in [-0.39, 0.29) is 116 Å². The van der Waals surface area contributed by atoms with Crippen LogP contribution in [0.3, 0.4) is 0 Å². The van der Waals surface area contributed by atoms with Gasteiger partial charge in [-0.05, 0) is 0 Å². The SMILES string of the molecule is [CH-]=C(C)C.[Rb+].[Rb+]. The molecule has 0 aromatic heterocycles. The summed E-state index contributed by atoms with van der Waals surface area (Å²) in [6.07, 6.45) is 0. The van der Waals surface area contributed by atoms with Crippen molar-refractivity contribution in [3.63, 3.8) is 0 Å². The summed E-state index contributed by atoms with van der Waals surface area (Å²) < 4.78 is 0. The molecule has 2 heteroatoms. The number of allylic oxidation sites excluding steroid dienone is 1. The fraction of sp³-hybridized carbons (Fsp3) is 0.500. The van der Waals surface area contributed by atoms with Crippen LogP contribution in [0.5, 0.6) is 0 Å².